The van der Waals surface area contributed by atoms with E-state index in [1.165, 1.54) is 6.39 Å². The lowest BCUT2D eigenvalue weighted by Crippen LogP contribution is -2.12. The van der Waals surface area contributed by atoms with Crippen LogP contribution >= 0.6 is 0 Å². The fraction of sp³-hybridized carbons (Fsp3) is 0.615. The molecule has 0 fully saturated rings. The SMILES string of the molecule is CC(C)(C)c1ncco1.CC(C)(C)c1ncon1. The molecule has 0 aromatic carbocycles. The number of oxazole rings is 1. The number of rotatable bonds is 0. The topological polar surface area (TPSA) is 65.0 Å². The van der Waals surface area contributed by atoms with Gasteiger partial charge in [-0.25, -0.2) is 4.98 Å². The Kier molecular flexibility index (Phi) is 4.27. The highest BCUT2D eigenvalue weighted by Gasteiger charge is 2.18. The minimum absolute atomic E-state index is 0.00694. The van der Waals surface area contributed by atoms with Crippen molar-refractivity contribution >= 4 is 0 Å². The highest BCUT2D eigenvalue weighted by molar-refractivity contribution is 4.96. The fourth-order valence-electron chi connectivity index (χ4n) is 1.09. The second-order valence-corrected chi connectivity index (χ2v) is 6.09. The molecule has 0 saturated heterocycles. The van der Waals surface area contributed by atoms with Crippen LogP contribution in [0.5, 0.6) is 0 Å². The van der Waals surface area contributed by atoms with E-state index < -0.39 is 0 Å². The fourth-order valence-corrected chi connectivity index (χ4v) is 1.09. The normalized spacial score (nSPS) is 11.9. The minimum Gasteiger partial charge on any atom is -0.448 e. The molecule has 2 aromatic rings. The van der Waals surface area contributed by atoms with Crippen LogP contribution in [-0.4, -0.2) is 15.1 Å². The summed E-state index contributed by atoms with van der Waals surface area (Å²) >= 11 is 0. The maximum atomic E-state index is 5.09. The molecule has 0 aliphatic carbocycles. The second-order valence-electron chi connectivity index (χ2n) is 6.09. The van der Waals surface area contributed by atoms with Gasteiger partial charge in [-0.15, -0.1) is 0 Å². The van der Waals surface area contributed by atoms with E-state index in [0.717, 1.165) is 11.7 Å². The molecule has 2 aromatic heterocycles. The first kappa shape index (κ1) is 14.4. The summed E-state index contributed by atoms with van der Waals surface area (Å²) in [6.45, 7) is 12.3. The predicted molar refractivity (Wildman–Crippen MR) is 68.2 cm³/mol. The van der Waals surface area contributed by atoms with E-state index in [1.807, 2.05) is 20.8 Å². The molecule has 0 amide bonds. The van der Waals surface area contributed by atoms with Crippen molar-refractivity contribution in [3.63, 3.8) is 0 Å². The standard InChI is InChI=1S/C7H11NO.C6H10N2O/c1-7(2,3)6-8-4-5-9-6;1-6(2,3)5-7-4-9-8-5/h4-5H,1-3H3;4H,1-3H3. The van der Waals surface area contributed by atoms with Crippen LogP contribution in [0.15, 0.2) is 27.8 Å². The molecule has 5 heteroatoms. The van der Waals surface area contributed by atoms with Crippen molar-refractivity contribution in [1.29, 1.82) is 0 Å². The van der Waals surface area contributed by atoms with E-state index in [2.05, 4.69) is 40.4 Å². The van der Waals surface area contributed by atoms with Gasteiger partial charge in [0.05, 0.1) is 6.20 Å². The van der Waals surface area contributed by atoms with Gasteiger partial charge in [-0.05, 0) is 0 Å². The first-order valence-electron chi connectivity index (χ1n) is 5.88. The molecule has 2 heterocycles. The van der Waals surface area contributed by atoms with Crippen molar-refractivity contribution in [3.05, 3.63) is 30.6 Å². The molecule has 100 valence electrons. The first-order chi connectivity index (χ1) is 8.21. The molecule has 0 aliphatic rings. The van der Waals surface area contributed by atoms with Crippen LogP contribution in [0.1, 0.15) is 53.3 Å². The van der Waals surface area contributed by atoms with Gasteiger partial charge in [0, 0.05) is 10.8 Å². The third kappa shape index (κ3) is 4.31. The van der Waals surface area contributed by atoms with Gasteiger partial charge in [-0.2, -0.15) is 4.98 Å². The Hall–Kier alpha value is -1.65. The summed E-state index contributed by atoms with van der Waals surface area (Å²) in [6.07, 6.45) is 4.61. The molecule has 2 rings (SSSR count). The molecule has 0 saturated carbocycles. The minimum atomic E-state index is 0.00694. The predicted octanol–water partition coefficient (Wildman–Crippen LogP) is 3.34. The monoisotopic (exact) mass is 251 g/mol. The zero-order chi connectivity index (χ0) is 13.8. The van der Waals surface area contributed by atoms with Crippen LogP contribution in [0.3, 0.4) is 0 Å². The third-order valence-electron chi connectivity index (χ3n) is 2.11. The average molecular weight is 251 g/mol. The van der Waals surface area contributed by atoms with Crippen molar-refractivity contribution in [2.75, 3.05) is 0 Å². The average Bonchev–Trinajstić information content (AvgIpc) is 2.91. The van der Waals surface area contributed by atoms with E-state index in [-0.39, 0.29) is 10.8 Å². The molecule has 5 nitrogen and oxygen atoms in total. The summed E-state index contributed by atoms with van der Waals surface area (Å²) in [7, 11) is 0. The van der Waals surface area contributed by atoms with Crippen molar-refractivity contribution in [3.8, 4) is 0 Å². The Labute approximate surface area is 108 Å². The lowest BCUT2D eigenvalue weighted by atomic mass is 9.96. The van der Waals surface area contributed by atoms with Gasteiger partial charge in [-0.1, -0.05) is 46.7 Å². The Balaban J connectivity index is 0.000000180. The summed E-state index contributed by atoms with van der Waals surface area (Å²) in [6, 6.07) is 0. The van der Waals surface area contributed by atoms with Crippen LogP contribution in [0.2, 0.25) is 0 Å². The third-order valence-corrected chi connectivity index (χ3v) is 2.11. The van der Waals surface area contributed by atoms with Gasteiger partial charge in [0.1, 0.15) is 6.26 Å². The Morgan fingerprint density at radius 3 is 1.83 bits per heavy atom. The molecule has 0 bridgehead atoms. The van der Waals surface area contributed by atoms with Crippen molar-refractivity contribution < 1.29 is 8.94 Å². The summed E-state index contributed by atoms with van der Waals surface area (Å²) in [5, 5.41) is 3.70. The van der Waals surface area contributed by atoms with Crippen LogP contribution < -0.4 is 0 Å². The van der Waals surface area contributed by atoms with Gasteiger partial charge in [-0.3, -0.25) is 0 Å². The molecule has 0 spiro atoms. The maximum absolute atomic E-state index is 5.09. The largest absolute Gasteiger partial charge is 0.448 e. The van der Waals surface area contributed by atoms with Crippen molar-refractivity contribution in [2.24, 2.45) is 0 Å². The van der Waals surface area contributed by atoms with Crippen LogP contribution in [-0.2, 0) is 10.8 Å². The Morgan fingerprint density at radius 2 is 1.61 bits per heavy atom. The molecule has 0 aliphatic heterocycles. The smallest absolute Gasteiger partial charge is 0.213 e. The van der Waals surface area contributed by atoms with Crippen molar-refractivity contribution in [1.82, 2.24) is 15.1 Å². The molecule has 0 atom stereocenters. The van der Waals surface area contributed by atoms with Gasteiger partial charge in [0.15, 0.2) is 11.7 Å². The van der Waals surface area contributed by atoms with Crippen LogP contribution in [0, 0.1) is 0 Å². The van der Waals surface area contributed by atoms with Crippen molar-refractivity contribution in [2.45, 2.75) is 52.4 Å². The highest BCUT2D eigenvalue weighted by Crippen LogP contribution is 2.18. The van der Waals surface area contributed by atoms with Gasteiger partial charge >= 0.3 is 0 Å². The number of nitrogens with zero attached hydrogens (tertiary/aromatic N) is 3. The zero-order valence-electron chi connectivity index (χ0n) is 11.9. The Bertz CT molecular complexity index is 389. The molecular weight excluding hydrogens is 230 g/mol. The van der Waals surface area contributed by atoms with Crippen LogP contribution in [0.25, 0.3) is 0 Å². The van der Waals surface area contributed by atoms with Gasteiger partial charge in [0.25, 0.3) is 0 Å². The molecular formula is C13H21N3O2. The van der Waals surface area contributed by atoms with Gasteiger partial charge < -0.3 is 8.94 Å². The lowest BCUT2D eigenvalue weighted by Gasteiger charge is -2.11. The lowest BCUT2D eigenvalue weighted by molar-refractivity contribution is 0.392. The second kappa shape index (κ2) is 5.33. The summed E-state index contributed by atoms with van der Waals surface area (Å²) < 4.78 is 9.67. The highest BCUT2D eigenvalue weighted by atomic mass is 16.5. The number of aromatic nitrogens is 3. The summed E-state index contributed by atoms with van der Waals surface area (Å²) in [5.74, 6) is 1.55. The summed E-state index contributed by atoms with van der Waals surface area (Å²) in [4.78, 5) is 7.93. The van der Waals surface area contributed by atoms with E-state index in [0.29, 0.717) is 0 Å². The van der Waals surface area contributed by atoms with E-state index in [9.17, 15) is 0 Å². The molecule has 0 N–H and O–H groups in total. The molecule has 0 radical (unpaired) electrons. The van der Waals surface area contributed by atoms with E-state index in [1.54, 1.807) is 12.5 Å². The molecule has 0 unspecified atom stereocenters. The quantitative estimate of drug-likeness (QED) is 0.718. The molecule has 18 heavy (non-hydrogen) atoms. The zero-order valence-corrected chi connectivity index (χ0v) is 11.9. The maximum Gasteiger partial charge on any atom is 0.213 e. The number of hydrogen-bond acceptors (Lipinski definition) is 5. The van der Waals surface area contributed by atoms with E-state index in [4.69, 9.17) is 4.42 Å². The summed E-state index contributed by atoms with van der Waals surface area (Å²) in [5.41, 5.74) is 0.0521. The first-order valence-corrected chi connectivity index (χ1v) is 5.88. The number of hydrogen-bond donors (Lipinski definition) is 0. The van der Waals surface area contributed by atoms with E-state index >= 15 is 0 Å². The van der Waals surface area contributed by atoms with Gasteiger partial charge in [0.2, 0.25) is 6.39 Å². The van der Waals surface area contributed by atoms with Crippen LogP contribution in [0.4, 0.5) is 0 Å². The Morgan fingerprint density at radius 1 is 0.944 bits per heavy atom.